The van der Waals surface area contributed by atoms with E-state index in [1.54, 1.807) is 13.8 Å². The van der Waals surface area contributed by atoms with Gasteiger partial charge in [0.15, 0.2) is 16.8 Å². The Morgan fingerprint density at radius 2 is 2.20 bits per heavy atom. The SMILES string of the molecule is CC1(C)[C@H](C(=O)O)N2C(=O)C(N)[C@H]2[S+]1[O-]. The van der Waals surface area contributed by atoms with Crippen molar-refractivity contribution >= 4 is 23.1 Å². The number of carbonyl (C=O) groups is 2. The Balaban J connectivity index is 2.40. The van der Waals surface area contributed by atoms with Gasteiger partial charge in [-0.25, -0.2) is 4.79 Å². The zero-order valence-corrected chi connectivity index (χ0v) is 9.15. The van der Waals surface area contributed by atoms with Crippen LogP contribution in [0.15, 0.2) is 0 Å². The van der Waals surface area contributed by atoms with Crippen molar-refractivity contribution in [3.8, 4) is 0 Å². The van der Waals surface area contributed by atoms with Crippen LogP contribution in [0, 0.1) is 0 Å². The number of hydrogen-bond acceptors (Lipinski definition) is 4. The summed E-state index contributed by atoms with van der Waals surface area (Å²) in [5, 5.41) is 8.39. The van der Waals surface area contributed by atoms with Crippen LogP contribution in [0.2, 0.25) is 0 Å². The number of nitrogens with zero attached hydrogens (tertiary/aromatic N) is 1. The largest absolute Gasteiger partial charge is 0.614 e. The molecule has 2 fully saturated rings. The third-order valence-corrected chi connectivity index (χ3v) is 5.25. The van der Waals surface area contributed by atoms with Gasteiger partial charge in [0.2, 0.25) is 5.37 Å². The number of fused-ring (bicyclic) bond motifs is 1. The van der Waals surface area contributed by atoms with Gasteiger partial charge in [-0.1, -0.05) is 0 Å². The summed E-state index contributed by atoms with van der Waals surface area (Å²) in [7, 11) is 0. The Kier molecular flexibility index (Phi) is 2.05. The van der Waals surface area contributed by atoms with Gasteiger partial charge in [-0.15, -0.1) is 0 Å². The number of aliphatic carboxylic acids is 1. The van der Waals surface area contributed by atoms with E-state index in [2.05, 4.69) is 0 Å². The van der Waals surface area contributed by atoms with E-state index in [9.17, 15) is 14.1 Å². The lowest BCUT2D eigenvalue weighted by Crippen LogP contribution is -2.70. The van der Waals surface area contributed by atoms with Gasteiger partial charge in [0.1, 0.15) is 0 Å². The summed E-state index contributed by atoms with van der Waals surface area (Å²) in [6.07, 6.45) is 0. The number of carbonyl (C=O) groups excluding carboxylic acids is 1. The minimum Gasteiger partial charge on any atom is -0.614 e. The maximum absolute atomic E-state index is 11.9. The van der Waals surface area contributed by atoms with Crippen LogP contribution in [0.4, 0.5) is 0 Å². The molecule has 0 aromatic carbocycles. The summed E-state index contributed by atoms with van der Waals surface area (Å²) in [4.78, 5) is 23.6. The van der Waals surface area contributed by atoms with Crippen LogP contribution in [-0.2, 0) is 20.8 Å². The van der Waals surface area contributed by atoms with Gasteiger partial charge in [0.05, 0.1) is 0 Å². The van der Waals surface area contributed by atoms with Gasteiger partial charge >= 0.3 is 5.97 Å². The second kappa shape index (κ2) is 2.87. The van der Waals surface area contributed by atoms with E-state index >= 15 is 0 Å². The first-order valence-corrected chi connectivity index (χ1v) is 5.72. The van der Waals surface area contributed by atoms with E-state index in [-0.39, 0.29) is 0 Å². The zero-order chi connectivity index (χ0) is 11.5. The molecule has 0 aromatic heterocycles. The first kappa shape index (κ1) is 10.7. The van der Waals surface area contributed by atoms with Crippen LogP contribution in [-0.4, -0.2) is 48.6 Å². The van der Waals surface area contributed by atoms with Crippen LogP contribution in [0.5, 0.6) is 0 Å². The lowest BCUT2D eigenvalue weighted by molar-refractivity contribution is -0.159. The van der Waals surface area contributed by atoms with Crippen LogP contribution in [0.25, 0.3) is 0 Å². The first-order chi connectivity index (χ1) is 6.80. The highest BCUT2D eigenvalue weighted by atomic mass is 32.2. The summed E-state index contributed by atoms with van der Waals surface area (Å²) in [5.41, 5.74) is 5.50. The van der Waals surface area contributed by atoms with Crippen molar-refractivity contribution in [1.82, 2.24) is 4.90 Å². The summed E-state index contributed by atoms with van der Waals surface area (Å²) in [6.45, 7) is 3.17. The normalized spacial score (nSPS) is 42.4. The van der Waals surface area contributed by atoms with Crippen molar-refractivity contribution in [1.29, 1.82) is 0 Å². The lowest BCUT2D eigenvalue weighted by Gasteiger charge is -2.38. The molecule has 7 heteroatoms. The number of rotatable bonds is 1. The molecule has 6 nitrogen and oxygen atoms in total. The van der Waals surface area contributed by atoms with Gasteiger partial charge in [-0.3, -0.25) is 9.69 Å². The van der Waals surface area contributed by atoms with Crippen molar-refractivity contribution in [2.75, 3.05) is 0 Å². The standard InChI is InChI=1S/C8H12N2O4S/c1-8(2)4(7(12)13)10-5(11)3(9)6(10)15(8)14/h3-4,6H,9H2,1-2H3,(H,12,13)/t3?,4-,6+,15?/m0/s1. The van der Waals surface area contributed by atoms with Crippen molar-refractivity contribution in [2.45, 2.75) is 36.1 Å². The van der Waals surface area contributed by atoms with Crippen molar-refractivity contribution < 1.29 is 19.2 Å². The Labute approximate surface area is 89.6 Å². The fraction of sp³-hybridized carbons (Fsp3) is 0.750. The molecule has 0 radical (unpaired) electrons. The third-order valence-electron chi connectivity index (χ3n) is 3.03. The van der Waals surface area contributed by atoms with E-state index in [4.69, 9.17) is 10.8 Å². The predicted octanol–water partition coefficient (Wildman–Crippen LogP) is -1.52. The molecule has 3 N–H and O–H groups in total. The minimum absolute atomic E-state index is 0.425. The molecule has 0 bridgehead atoms. The second-order valence-electron chi connectivity index (χ2n) is 4.30. The first-order valence-electron chi connectivity index (χ1n) is 4.51. The van der Waals surface area contributed by atoms with Gasteiger partial charge in [0, 0.05) is 0 Å². The molecular formula is C8H12N2O4S. The van der Waals surface area contributed by atoms with Crippen molar-refractivity contribution in [2.24, 2.45) is 5.73 Å². The smallest absolute Gasteiger partial charge is 0.332 e. The maximum Gasteiger partial charge on any atom is 0.332 e. The molecule has 4 atom stereocenters. The molecule has 1 amide bonds. The number of β-lactam (4-membered cyclic amide) rings is 1. The molecule has 2 aliphatic heterocycles. The molecule has 0 aliphatic carbocycles. The number of hydrogen-bond donors (Lipinski definition) is 2. The topological polar surface area (TPSA) is 107 Å². The summed E-state index contributed by atoms with van der Waals surface area (Å²) < 4.78 is 11.0. The Morgan fingerprint density at radius 1 is 1.67 bits per heavy atom. The highest BCUT2D eigenvalue weighted by molar-refractivity contribution is 7.94. The highest BCUT2D eigenvalue weighted by Crippen LogP contribution is 2.45. The maximum atomic E-state index is 11.9. The molecule has 15 heavy (non-hydrogen) atoms. The van der Waals surface area contributed by atoms with Gasteiger partial charge in [-0.2, -0.15) is 0 Å². The number of amides is 1. The molecule has 2 aliphatic rings. The van der Waals surface area contributed by atoms with Gasteiger partial charge in [0.25, 0.3) is 5.91 Å². The van der Waals surface area contributed by atoms with E-state index in [0.29, 0.717) is 0 Å². The van der Waals surface area contributed by atoms with Crippen LogP contribution in [0.3, 0.4) is 0 Å². The Hall–Kier alpha value is -0.790. The van der Waals surface area contributed by atoms with Crippen LogP contribution in [0.1, 0.15) is 13.8 Å². The molecule has 84 valence electrons. The average molecular weight is 232 g/mol. The monoisotopic (exact) mass is 232 g/mol. The van der Waals surface area contributed by atoms with E-state index in [1.165, 1.54) is 0 Å². The van der Waals surface area contributed by atoms with Gasteiger partial charge in [-0.05, 0) is 25.0 Å². The fourth-order valence-corrected chi connectivity index (χ4v) is 4.06. The second-order valence-corrected chi connectivity index (χ2v) is 6.43. The van der Waals surface area contributed by atoms with E-state index in [1.807, 2.05) is 0 Å². The van der Waals surface area contributed by atoms with Crippen LogP contribution < -0.4 is 5.73 Å². The molecule has 2 unspecified atom stereocenters. The molecule has 2 heterocycles. The summed E-state index contributed by atoms with van der Waals surface area (Å²) in [5.74, 6) is -1.55. The Morgan fingerprint density at radius 3 is 2.67 bits per heavy atom. The average Bonchev–Trinajstić information content (AvgIpc) is 2.32. The number of carboxylic acid groups (broad SMARTS) is 1. The molecule has 0 spiro atoms. The summed E-state index contributed by atoms with van der Waals surface area (Å²) in [6, 6.07) is -1.84. The van der Waals surface area contributed by atoms with E-state index in [0.717, 1.165) is 4.90 Å². The molecule has 2 rings (SSSR count). The lowest BCUT2D eigenvalue weighted by atomic mass is 9.96. The Bertz CT molecular complexity index is 346. The third kappa shape index (κ3) is 1.08. The van der Waals surface area contributed by atoms with E-state index < -0.39 is 45.3 Å². The minimum atomic E-state index is -1.42. The predicted molar refractivity (Wildman–Crippen MR) is 52.3 cm³/mol. The molecule has 0 aromatic rings. The quantitative estimate of drug-likeness (QED) is 0.421. The molecule has 0 saturated carbocycles. The summed E-state index contributed by atoms with van der Waals surface area (Å²) >= 11 is -1.42. The number of nitrogens with two attached hydrogens (primary N) is 1. The van der Waals surface area contributed by atoms with Crippen LogP contribution >= 0.6 is 0 Å². The zero-order valence-electron chi connectivity index (χ0n) is 8.34. The van der Waals surface area contributed by atoms with Crippen molar-refractivity contribution in [3.63, 3.8) is 0 Å². The van der Waals surface area contributed by atoms with Gasteiger partial charge < -0.3 is 15.4 Å². The fourth-order valence-electron chi connectivity index (χ4n) is 2.19. The number of carboxylic acids is 1. The molecular weight excluding hydrogens is 220 g/mol. The highest BCUT2D eigenvalue weighted by Gasteiger charge is 2.71. The van der Waals surface area contributed by atoms with Crippen molar-refractivity contribution in [3.05, 3.63) is 0 Å². The molecule has 2 saturated heterocycles.